The number of anilines is 1. The first-order valence-corrected chi connectivity index (χ1v) is 8.88. The van der Waals surface area contributed by atoms with E-state index >= 15 is 0 Å². The van der Waals surface area contributed by atoms with E-state index in [-0.39, 0.29) is 16.4 Å². The monoisotopic (exact) mass is 348 g/mol. The molecule has 0 bridgehead atoms. The van der Waals surface area contributed by atoms with Gasteiger partial charge in [0.1, 0.15) is 0 Å². The fourth-order valence-corrected chi connectivity index (χ4v) is 3.45. The fraction of sp³-hybridized carbons (Fsp3) is 0.235. The number of amides is 1. The van der Waals surface area contributed by atoms with Crippen LogP contribution in [0.5, 0.6) is 0 Å². The molecule has 2 rings (SSSR count). The molecule has 0 saturated carbocycles. The summed E-state index contributed by atoms with van der Waals surface area (Å²) in [5.41, 5.74) is 1.31. The van der Waals surface area contributed by atoms with Crippen LogP contribution in [0.2, 0.25) is 0 Å². The Kier molecular flexibility index (Phi) is 5.94. The summed E-state index contributed by atoms with van der Waals surface area (Å²) in [7, 11) is -2.24. The van der Waals surface area contributed by atoms with Gasteiger partial charge in [0, 0.05) is 24.9 Å². The Bertz CT molecular complexity index is 805. The van der Waals surface area contributed by atoms with Gasteiger partial charge in [-0.05, 0) is 36.8 Å². The summed E-state index contributed by atoms with van der Waals surface area (Å²) in [6.45, 7) is 2.43. The molecule has 24 heavy (non-hydrogen) atoms. The summed E-state index contributed by atoms with van der Waals surface area (Å²) in [5, 5.41) is 2.67. The molecule has 6 nitrogen and oxygen atoms in total. The van der Waals surface area contributed by atoms with E-state index in [1.165, 1.54) is 13.2 Å². The van der Waals surface area contributed by atoms with Crippen LogP contribution in [0.25, 0.3) is 0 Å². The first kappa shape index (κ1) is 18.0. The van der Waals surface area contributed by atoms with Gasteiger partial charge in [0.05, 0.1) is 11.5 Å². The van der Waals surface area contributed by atoms with Crippen molar-refractivity contribution in [2.75, 3.05) is 25.0 Å². The van der Waals surface area contributed by atoms with Crippen molar-refractivity contribution in [3.63, 3.8) is 0 Å². The summed E-state index contributed by atoms with van der Waals surface area (Å²) in [5.74, 6) is -0.344. The number of carbonyl (C=O) groups excluding carboxylic acids is 1. The molecular weight excluding hydrogens is 328 g/mol. The molecule has 0 saturated heterocycles. The van der Waals surface area contributed by atoms with Crippen LogP contribution in [-0.2, 0) is 14.8 Å². The maximum Gasteiger partial charge on any atom is 0.262 e. The molecule has 0 atom stereocenters. The number of ether oxygens (including phenoxy) is 1. The largest absolute Gasteiger partial charge is 0.383 e. The minimum atomic E-state index is -3.78. The van der Waals surface area contributed by atoms with E-state index in [2.05, 4.69) is 10.0 Å². The van der Waals surface area contributed by atoms with Crippen LogP contribution in [0.1, 0.15) is 15.9 Å². The first-order chi connectivity index (χ1) is 11.4. The highest BCUT2D eigenvalue weighted by Gasteiger charge is 2.19. The number of hydrogen-bond donors (Lipinski definition) is 2. The van der Waals surface area contributed by atoms with E-state index in [0.717, 1.165) is 0 Å². The molecule has 0 aliphatic rings. The number of para-hydroxylation sites is 1. The van der Waals surface area contributed by atoms with E-state index in [1.807, 2.05) is 0 Å². The van der Waals surface area contributed by atoms with Gasteiger partial charge in [0.25, 0.3) is 15.9 Å². The van der Waals surface area contributed by atoms with Gasteiger partial charge in [0.2, 0.25) is 0 Å². The van der Waals surface area contributed by atoms with E-state index in [1.54, 1.807) is 49.4 Å². The summed E-state index contributed by atoms with van der Waals surface area (Å²) in [6, 6.07) is 13.2. The third kappa shape index (κ3) is 4.56. The number of nitrogens with one attached hydrogen (secondary N) is 2. The molecule has 7 heteroatoms. The van der Waals surface area contributed by atoms with Crippen molar-refractivity contribution in [2.45, 2.75) is 11.8 Å². The van der Waals surface area contributed by atoms with Gasteiger partial charge >= 0.3 is 0 Å². The second-order valence-electron chi connectivity index (χ2n) is 5.20. The van der Waals surface area contributed by atoms with Crippen LogP contribution in [-0.4, -0.2) is 34.6 Å². The highest BCUT2D eigenvalue weighted by Crippen LogP contribution is 2.20. The lowest BCUT2D eigenvalue weighted by Gasteiger charge is -2.12. The summed E-state index contributed by atoms with van der Waals surface area (Å²) in [6.07, 6.45) is 0. The third-order valence-electron chi connectivity index (χ3n) is 3.36. The van der Waals surface area contributed by atoms with Crippen LogP contribution in [0.15, 0.2) is 53.4 Å². The Hall–Kier alpha value is -2.38. The highest BCUT2D eigenvalue weighted by atomic mass is 32.2. The second-order valence-corrected chi connectivity index (χ2v) is 6.85. The van der Waals surface area contributed by atoms with Gasteiger partial charge in [-0.3, -0.25) is 9.52 Å². The van der Waals surface area contributed by atoms with Gasteiger partial charge < -0.3 is 10.1 Å². The number of methoxy groups -OCH3 is 1. The van der Waals surface area contributed by atoms with Crippen LogP contribution in [0.3, 0.4) is 0 Å². The molecule has 0 spiro atoms. The minimum Gasteiger partial charge on any atom is -0.383 e. The molecule has 0 aromatic heterocycles. The van der Waals surface area contributed by atoms with E-state index in [0.29, 0.717) is 24.4 Å². The van der Waals surface area contributed by atoms with Gasteiger partial charge in [0.15, 0.2) is 0 Å². The standard InChI is InChI=1S/C17H20N2O4S/c1-13-8-9-14(17(20)18-10-11-23-2)12-16(13)24(21,22)19-15-6-4-3-5-7-15/h3-9,12,19H,10-11H2,1-2H3,(H,18,20). The molecule has 0 radical (unpaired) electrons. The van der Waals surface area contributed by atoms with Crippen LogP contribution >= 0.6 is 0 Å². The predicted octanol–water partition coefficient (Wildman–Crippen LogP) is 2.17. The topological polar surface area (TPSA) is 84.5 Å². The Morgan fingerprint density at radius 3 is 2.50 bits per heavy atom. The van der Waals surface area contributed by atoms with E-state index < -0.39 is 10.0 Å². The second kappa shape index (κ2) is 7.94. The van der Waals surface area contributed by atoms with Crippen molar-refractivity contribution in [3.8, 4) is 0 Å². The zero-order valence-corrected chi connectivity index (χ0v) is 14.4. The number of rotatable bonds is 7. The lowest BCUT2D eigenvalue weighted by molar-refractivity contribution is 0.0937. The zero-order chi connectivity index (χ0) is 17.6. The quantitative estimate of drug-likeness (QED) is 0.751. The van der Waals surface area contributed by atoms with Gasteiger partial charge in [-0.15, -0.1) is 0 Å². The lowest BCUT2D eigenvalue weighted by atomic mass is 10.1. The lowest BCUT2D eigenvalue weighted by Crippen LogP contribution is -2.27. The average Bonchev–Trinajstić information content (AvgIpc) is 2.55. The molecule has 0 fully saturated rings. The molecular formula is C17H20N2O4S. The highest BCUT2D eigenvalue weighted by molar-refractivity contribution is 7.92. The van der Waals surface area contributed by atoms with Crippen molar-refractivity contribution in [2.24, 2.45) is 0 Å². The normalized spacial score (nSPS) is 11.1. The van der Waals surface area contributed by atoms with Crippen molar-refractivity contribution < 1.29 is 17.9 Å². The molecule has 0 aliphatic heterocycles. The predicted molar refractivity (Wildman–Crippen MR) is 92.6 cm³/mol. The van der Waals surface area contributed by atoms with Crippen molar-refractivity contribution >= 4 is 21.6 Å². The first-order valence-electron chi connectivity index (χ1n) is 7.39. The van der Waals surface area contributed by atoms with Gasteiger partial charge in [-0.25, -0.2) is 8.42 Å². The molecule has 2 aromatic rings. The van der Waals surface area contributed by atoms with Crippen LogP contribution in [0, 0.1) is 6.92 Å². The fourth-order valence-electron chi connectivity index (χ4n) is 2.12. The molecule has 0 heterocycles. The molecule has 2 aromatic carbocycles. The van der Waals surface area contributed by atoms with Crippen LogP contribution < -0.4 is 10.0 Å². The van der Waals surface area contributed by atoms with E-state index in [9.17, 15) is 13.2 Å². The Balaban J connectivity index is 2.26. The molecule has 2 N–H and O–H groups in total. The Morgan fingerprint density at radius 1 is 1.12 bits per heavy atom. The average molecular weight is 348 g/mol. The Labute approximate surface area is 141 Å². The zero-order valence-electron chi connectivity index (χ0n) is 13.6. The number of benzene rings is 2. The maximum atomic E-state index is 12.6. The summed E-state index contributed by atoms with van der Waals surface area (Å²) >= 11 is 0. The molecule has 128 valence electrons. The maximum absolute atomic E-state index is 12.6. The number of hydrogen-bond acceptors (Lipinski definition) is 4. The SMILES string of the molecule is COCCNC(=O)c1ccc(C)c(S(=O)(=O)Nc2ccccc2)c1. The van der Waals surface area contributed by atoms with Crippen molar-refractivity contribution in [1.82, 2.24) is 5.32 Å². The minimum absolute atomic E-state index is 0.0748. The Morgan fingerprint density at radius 2 is 1.83 bits per heavy atom. The number of carbonyl (C=O) groups is 1. The van der Waals surface area contributed by atoms with Gasteiger partial charge in [-0.2, -0.15) is 0 Å². The summed E-state index contributed by atoms with van der Waals surface area (Å²) < 4.78 is 32.6. The smallest absolute Gasteiger partial charge is 0.262 e. The molecule has 0 unspecified atom stereocenters. The van der Waals surface area contributed by atoms with Gasteiger partial charge in [-0.1, -0.05) is 24.3 Å². The molecule has 1 amide bonds. The van der Waals surface area contributed by atoms with Crippen molar-refractivity contribution in [1.29, 1.82) is 0 Å². The molecule has 0 aliphatic carbocycles. The van der Waals surface area contributed by atoms with Crippen molar-refractivity contribution in [3.05, 3.63) is 59.7 Å². The third-order valence-corrected chi connectivity index (χ3v) is 4.88. The van der Waals surface area contributed by atoms with E-state index in [4.69, 9.17) is 4.74 Å². The number of aryl methyl sites for hydroxylation is 1. The summed E-state index contributed by atoms with van der Waals surface area (Å²) in [4.78, 5) is 12.2. The van der Waals surface area contributed by atoms with Crippen LogP contribution in [0.4, 0.5) is 5.69 Å². The number of sulfonamides is 1.